The Kier molecular flexibility index (Phi) is 6.19. The van der Waals surface area contributed by atoms with Gasteiger partial charge in [0.25, 0.3) is 0 Å². The summed E-state index contributed by atoms with van der Waals surface area (Å²) in [5.41, 5.74) is 6.60. The van der Waals surface area contributed by atoms with Crippen LogP contribution in [0.25, 0.3) is 0 Å². The largest absolute Gasteiger partial charge is 0.491 e. The van der Waals surface area contributed by atoms with Gasteiger partial charge in [-0.2, -0.15) is 0 Å². The molecule has 0 aromatic heterocycles. The molecule has 1 heterocycles. The number of nitrogen functional groups attached to an aromatic ring is 1. The molecule has 1 aromatic carbocycles. The number of anilines is 1. The van der Waals surface area contributed by atoms with Crippen molar-refractivity contribution in [1.82, 2.24) is 4.90 Å². The third-order valence-electron chi connectivity index (χ3n) is 4.14. The molecule has 1 unspecified atom stereocenters. The van der Waals surface area contributed by atoms with Gasteiger partial charge in [-0.25, -0.2) is 0 Å². The molecule has 2 N–H and O–H groups in total. The molecule has 1 atom stereocenters. The van der Waals surface area contributed by atoms with Crippen LogP contribution in [0.4, 0.5) is 5.69 Å². The third-order valence-corrected chi connectivity index (χ3v) is 4.14. The Morgan fingerprint density at radius 2 is 2.15 bits per heavy atom. The van der Waals surface area contributed by atoms with E-state index >= 15 is 0 Å². The lowest BCUT2D eigenvalue weighted by Crippen LogP contribution is -2.40. The van der Waals surface area contributed by atoms with Crippen LogP contribution in [-0.4, -0.2) is 30.6 Å². The molecule has 112 valence electrons. The van der Waals surface area contributed by atoms with Gasteiger partial charge in [-0.15, -0.1) is 0 Å². The number of hydrogen-bond donors (Lipinski definition) is 1. The van der Waals surface area contributed by atoms with Crippen molar-refractivity contribution in [3.8, 4) is 5.75 Å². The van der Waals surface area contributed by atoms with E-state index < -0.39 is 0 Å². The zero-order valence-electron chi connectivity index (χ0n) is 12.7. The van der Waals surface area contributed by atoms with E-state index in [2.05, 4.69) is 11.8 Å². The van der Waals surface area contributed by atoms with E-state index in [4.69, 9.17) is 10.5 Å². The molecule has 2 rings (SSSR count). The molecule has 0 saturated carbocycles. The average molecular weight is 276 g/mol. The number of hydrogen-bond acceptors (Lipinski definition) is 3. The summed E-state index contributed by atoms with van der Waals surface area (Å²) in [6.07, 6.45) is 7.84. The second kappa shape index (κ2) is 8.15. The van der Waals surface area contributed by atoms with Crippen molar-refractivity contribution in [2.45, 2.75) is 51.5 Å². The summed E-state index contributed by atoms with van der Waals surface area (Å²) in [7, 11) is 0. The highest BCUT2D eigenvalue weighted by atomic mass is 16.5. The molecule has 20 heavy (non-hydrogen) atoms. The minimum atomic E-state index is 0.731. The Balaban J connectivity index is 1.70. The summed E-state index contributed by atoms with van der Waals surface area (Å²) in [5.74, 6) is 0.816. The molecule has 1 aromatic rings. The maximum absolute atomic E-state index is 5.87. The van der Waals surface area contributed by atoms with Crippen LogP contribution in [0.2, 0.25) is 0 Å². The molecule has 0 bridgehead atoms. The number of para-hydroxylation sites is 2. The molecule has 3 heteroatoms. The van der Waals surface area contributed by atoms with Crippen LogP contribution in [0.5, 0.6) is 5.75 Å². The van der Waals surface area contributed by atoms with Crippen LogP contribution < -0.4 is 10.5 Å². The van der Waals surface area contributed by atoms with Crippen molar-refractivity contribution in [1.29, 1.82) is 0 Å². The highest BCUT2D eigenvalue weighted by molar-refractivity contribution is 5.51. The lowest BCUT2D eigenvalue weighted by molar-refractivity contribution is 0.130. The predicted octanol–water partition coefficient (Wildman–Crippen LogP) is 3.69. The quantitative estimate of drug-likeness (QED) is 0.609. The molecule has 1 fully saturated rings. The highest BCUT2D eigenvalue weighted by Gasteiger charge is 2.20. The van der Waals surface area contributed by atoms with Gasteiger partial charge in [0.1, 0.15) is 5.75 Å². The van der Waals surface area contributed by atoms with Gasteiger partial charge in [0.15, 0.2) is 0 Å². The second-order valence-electron chi connectivity index (χ2n) is 5.71. The van der Waals surface area contributed by atoms with E-state index in [9.17, 15) is 0 Å². The lowest BCUT2D eigenvalue weighted by Gasteiger charge is -2.35. The molecule has 1 aliphatic heterocycles. The molecule has 1 saturated heterocycles. The number of benzene rings is 1. The fraction of sp³-hybridized carbons (Fsp3) is 0.647. The maximum Gasteiger partial charge on any atom is 0.142 e. The number of rotatable bonds is 7. The number of nitrogens with zero attached hydrogens (tertiary/aromatic N) is 1. The zero-order valence-corrected chi connectivity index (χ0v) is 12.7. The first-order valence-electron chi connectivity index (χ1n) is 8.02. The molecule has 0 aliphatic carbocycles. The summed E-state index contributed by atoms with van der Waals surface area (Å²) in [6, 6.07) is 8.53. The van der Waals surface area contributed by atoms with Crippen molar-refractivity contribution in [2.24, 2.45) is 0 Å². The minimum absolute atomic E-state index is 0.731. The van der Waals surface area contributed by atoms with Gasteiger partial charge in [0, 0.05) is 12.6 Å². The molecule has 0 amide bonds. The number of ether oxygens (including phenoxy) is 1. The summed E-state index contributed by atoms with van der Waals surface area (Å²) in [5, 5.41) is 0. The van der Waals surface area contributed by atoms with Crippen LogP contribution in [0, 0.1) is 0 Å². The standard InChI is InChI=1S/C17H28N2O/c1-2-8-15-9-5-6-12-19(15)13-7-14-20-17-11-4-3-10-16(17)18/h3-4,10-11,15H,2,5-9,12-14,18H2,1H3. The van der Waals surface area contributed by atoms with Gasteiger partial charge < -0.3 is 15.4 Å². The highest BCUT2D eigenvalue weighted by Crippen LogP contribution is 2.22. The van der Waals surface area contributed by atoms with Crippen molar-refractivity contribution in [2.75, 3.05) is 25.4 Å². The van der Waals surface area contributed by atoms with E-state index in [1.54, 1.807) is 0 Å². The predicted molar refractivity (Wildman–Crippen MR) is 85.1 cm³/mol. The van der Waals surface area contributed by atoms with Crippen LogP contribution in [0.3, 0.4) is 0 Å². The summed E-state index contributed by atoms with van der Waals surface area (Å²) < 4.78 is 5.77. The van der Waals surface area contributed by atoms with Crippen molar-refractivity contribution < 1.29 is 4.74 Å². The van der Waals surface area contributed by atoms with Crippen LogP contribution >= 0.6 is 0 Å². The molecule has 1 aliphatic rings. The third kappa shape index (κ3) is 4.41. The summed E-state index contributed by atoms with van der Waals surface area (Å²) in [6.45, 7) is 5.45. The Hall–Kier alpha value is -1.22. The van der Waals surface area contributed by atoms with Crippen molar-refractivity contribution in [3.63, 3.8) is 0 Å². The number of nitrogens with two attached hydrogens (primary N) is 1. The lowest BCUT2D eigenvalue weighted by atomic mass is 9.98. The first kappa shape index (κ1) is 15.2. The van der Waals surface area contributed by atoms with Crippen molar-refractivity contribution >= 4 is 5.69 Å². The Morgan fingerprint density at radius 3 is 2.95 bits per heavy atom. The Bertz CT molecular complexity index is 392. The summed E-state index contributed by atoms with van der Waals surface area (Å²) >= 11 is 0. The van der Waals surface area contributed by atoms with Crippen LogP contribution in [0.1, 0.15) is 45.4 Å². The molecule has 3 nitrogen and oxygen atoms in total. The van der Waals surface area contributed by atoms with Gasteiger partial charge in [-0.1, -0.05) is 31.9 Å². The first-order valence-corrected chi connectivity index (χ1v) is 8.02. The maximum atomic E-state index is 5.87. The van der Waals surface area contributed by atoms with E-state index in [0.717, 1.165) is 37.1 Å². The minimum Gasteiger partial charge on any atom is -0.491 e. The van der Waals surface area contributed by atoms with Gasteiger partial charge in [-0.3, -0.25) is 0 Å². The Morgan fingerprint density at radius 1 is 1.30 bits per heavy atom. The van der Waals surface area contributed by atoms with Gasteiger partial charge >= 0.3 is 0 Å². The molecular formula is C17H28N2O. The molecule has 0 spiro atoms. The fourth-order valence-electron chi connectivity index (χ4n) is 3.08. The fourth-order valence-corrected chi connectivity index (χ4v) is 3.08. The van der Waals surface area contributed by atoms with Gasteiger partial charge in [0.05, 0.1) is 12.3 Å². The van der Waals surface area contributed by atoms with Crippen LogP contribution in [-0.2, 0) is 0 Å². The SMILES string of the molecule is CCCC1CCCCN1CCCOc1ccccc1N. The van der Waals surface area contributed by atoms with Gasteiger partial charge in [0.2, 0.25) is 0 Å². The van der Waals surface area contributed by atoms with E-state index in [1.807, 2.05) is 24.3 Å². The number of likely N-dealkylation sites (tertiary alicyclic amines) is 1. The average Bonchev–Trinajstić information content (AvgIpc) is 2.47. The van der Waals surface area contributed by atoms with Gasteiger partial charge in [-0.05, 0) is 44.4 Å². The second-order valence-corrected chi connectivity index (χ2v) is 5.71. The van der Waals surface area contributed by atoms with E-state index in [-0.39, 0.29) is 0 Å². The Labute approximate surface area is 123 Å². The topological polar surface area (TPSA) is 38.5 Å². The van der Waals surface area contributed by atoms with E-state index in [0.29, 0.717) is 0 Å². The molecule has 0 radical (unpaired) electrons. The van der Waals surface area contributed by atoms with Crippen LogP contribution in [0.15, 0.2) is 24.3 Å². The monoisotopic (exact) mass is 276 g/mol. The smallest absolute Gasteiger partial charge is 0.142 e. The molecular weight excluding hydrogens is 248 g/mol. The normalized spacial score (nSPS) is 19.9. The first-order chi connectivity index (χ1) is 9.81. The summed E-state index contributed by atoms with van der Waals surface area (Å²) in [4.78, 5) is 2.66. The zero-order chi connectivity index (χ0) is 14.2. The van der Waals surface area contributed by atoms with Crippen molar-refractivity contribution in [3.05, 3.63) is 24.3 Å². The number of piperidine rings is 1. The van der Waals surface area contributed by atoms with E-state index in [1.165, 1.54) is 38.6 Å².